The Hall–Kier alpha value is -1.62. The number of nitro benzene ring substituents is 1. The standard InChI is InChI=1S/C12H16N2O3/c1-12(2)10(11(12)13)7-4-5-9(17-3)8(6-7)14(15)16/h4-6,10-11H,13H2,1-3H3/t10-,11-/m1/s1. The maximum absolute atomic E-state index is 10.9. The van der Waals surface area contributed by atoms with Crippen LogP contribution >= 0.6 is 0 Å². The van der Waals surface area contributed by atoms with E-state index in [1.54, 1.807) is 12.1 Å². The highest BCUT2D eigenvalue weighted by atomic mass is 16.6. The van der Waals surface area contributed by atoms with Crippen molar-refractivity contribution in [2.24, 2.45) is 11.1 Å². The summed E-state index contributed by atoms with van der Waals surface area (Å²) in [5.41, 5.74) is 6.90. The van der Waals surface area contributed by atoms with Crippen molar-refractivity contribution in [2.45, 2.75) is 25.8 Å². The molecule has 0 spiro atoms. The molecule has 0 amide bonds. The number of rotatable bonds is 3. The molecule has 1 aliphatic rings. The van der Waals surface area contributed by atoms with Crippen molar-refractivity contribution in [3.8, 4) is 5.75 Å². The molecule has 0 radical (unpaired) electrons. The van der Waals surface area contributed by atoms with Crippen molar-refractivity contribution >= 4 is 5.69 Å². The van der Waals surface area contributed by atoms with Crippen molar-refractivity contribution in [2.75, 3.05) is 7.11 Å². The molecule has 1 aromatic carbocycles. The summed E-state index contributed by atoms with van der Waals surface area (Å²) in [7, 11) is 1.43. The maximum atomic E-state index is 10.9. The van der Waals surface area contributed by atoms with Crippen molar-refractivity contribution < 1.29 is 9.66 Å². The second kappa shape index (κ2) is 3.70. The zero-order valence-electron chi connectivity index (χ0n) is 10.1. The van der Waals surface area contributed by atoms with Crippen LogP contribution in [0.5, 0.6) is 5.75 Å². The molecule has 2 N–H and O–H groups in total. The van der Waals surface area contributed by atoms with E-state index in [2.05, 4.69) is 13.8 Å². The van der Waals surface area contributed by atoms with E-state index in [4.69, 9.17) is 10.5 Å². The van der Waals surface area contributed by atoms with Gasteiger partial charge in [-0.25, -0.2) is 0 Å². The lowest BCUT2D eigenvalue weighted by Crippen LogP contribution is -2.06. The van der Waals surface area contributed by atoms with Crippen molar-refractivity contribution in [1.82, 2.24) is 0 Å². The molecular formula is C12H16N2O3. The molecule has 1 aliphatic carbocycles. The first kappa shape index (κ1) is 11.9. The second-order valence-corrected chi connectivity index (χ2v) is 5.01. The van der Waals surface area contributed by atoms with Crippen LogP contribution in [0.3, 0.4) is 0 Å². The van der Waals surface area contributed by atoms with Crippen LogP contribution in [0.1, 0.15) is 25.3 Å². The summed E-state index contributed by atoms with van der Waals surface area (Å²) >= 11 is 0. The average molecular weight is 236 g/mol. The van der Waals surface area contributed by atoms with E-state index < -0.39 is 4.92 Å². The molecule has 5 heteroatoms. The lowest BCUT2D eigenvalue weighted by atomic mass is 10.0. The Balaban J connectivity index is 2.39. The van der Waals surface area contributed by atoms with Crippen LogP contribution in [0, 0.1) is 15.5 Å². The summed E-state index contributed by atoms with van der Waals surface area (Å²) in [6.07, 6.45) is 0. The zero-order chi connectivity index (χ0) is 12.8. The van der Waals surface area contributed by atoms with Crippen LogP contribution in [0.25, 0.3) is 0 Å². The fourth-order valence-corrected chi connectivity index (χ4v) is 2.36. The van der Waals surface area contributed by atoms with Crippen LogP contribution in [0.15, 0.2) is 18.2 Å². The third-order valence-electron chi connectivity index (χ3n) is 3.67. The van der Waals surface area contributed by atoms with E-state index in [0.29, 0.717) is 0 Å². The summed E-state index contributed by atoms with van der Waals surface area (Å²) in [6.45, 7) is 4.14. The van der Waals surface area contributed by atoms with Gasteiger partial charge >= 0.3 is 5.69 Å². The molecule has 1 aromatic rings. The topological polar surface area (TPSA) is 78.4 Å². The zero-order valence-corrected chi connectivity index (χ0v) is 10.1. The van der Waals surface area contributed by atoms with E-state index in [1.165, 1.54) is 7.11 Å². The van der Waals surface area contributed by atoms with E-state index in [-0.39, 0.29) is 28.8 Å². The number of methoxy groups -OCH3 is 1. The smallest absolute Gasteiger partial charge is 0.311 e. The molecule has 17 heavy (non-hydrogen) atoms. The monoisotopic (exact) mass is 236 g/mol. The first-order valence-corrected chi connectivity index (χ1v) is 5.47. The van der Waals surface area contributed by atoms with E-state index in [9.17, 15) is 10.1 Å². The third-order valence-corrected chi connectivity index (χ3v) is 3.67. The summed E-state index contributed by atoms with van der Waals surface area (Å²) < 4.78 is 4.97. The van der Waals surface area contributed by atoms with Crippen molar-refractivity contribution in [1.29, 1.82) is 0 Å². The summed E-state index contributed by atoms with van der Waals surface area (Å²) in [4.78, 5) is 10.5. The molecule has 2 rings (SSSR count). The van der Waals surface area contributed by atoms with Gasteiger partial charge in [0.05, 0.1) is 12.0 Å². The predicted molar refractivity (Wildman–Crippen MR) is 64.1 cm³/mol. The summed E-state index contributed by atoms with van der Waals surface area (Å²) in [5, 5.41) is 10.9. The lowest BCUT2D eigenvalue weighted by molar-refractivity contribution is -0.385. The lowest BCUT2D eigenvalue weighted by Gasteiger charge is -2.05. The minimum absolute atomic E-state index is 0.0000926. The van der Waals surface area contributed by atoms with E-state index in [1.807, 2.05) is 6.07 Å². The average Bonchev–Trinajstić information content (AvgIpc) is 2.77. The van der Waals surface area contributed by atoms with Gasteiger partial charge in [-0.05, 0) is 17.0 Å². The Morgan fingerprint density at radius 3 is 2.47 bits per heavy atom. The number of nitrogens with two attached hydrogens (primary N) is 1. The van der Waals surface area contributed by atoms with E-state index in [0.717, 1.165) is 5.56 Å². The number of nitrogens with zero attached hydrogens (tertiary/aromatic N) is 1. The summed E-state index contributed by atoms with van der Waals surface area (Å²) in [6, 6.07) is 5.12. The SMILES string of the molecule is COc1ccc([C@@H]2[C@@H](N)C2(C)C)cc1[N+](=O)[O-]. The summed E-state index contributed by atoms with van der Waals surface area (Å²) in [5.74, 6) is 0.470. The Morgan fingerprint density at radius 2 is 2.06 bits per heavy atom. The van der Waals surface area contributed by atoms with Gasteiger partial charge in [0, 0.05) is 18.0 Å². The minimum atomic E-state index is -0.427. The molecule has 0 heterocycles. The van der Waals surface area contributed by atoms with Gasteiger partial charge in [-0.15, -0.1) is 0 Å². The molecule has 2 atom stereocenters. The quantitative estimate of drug-likeness (QED) is 0.643. The Bertz CT molecular complexity index is 471. The number of ether oxygens (including phenoxy) is 1. The first-order chi connectivity index (χ1) is 7.89. The van der Waals surface area contributed by atoms with Gasteiger partial charge in [-0.3, -0.25) is 10.1 Å². The number of hydrogen-bond donors (Lipinski definition) is 1. The molecule has 0 aromatic heterocycles. The molecule has 0 unspecified atom stereocenters. The van der Waals surface area contributed by atoms with Crippen LogP contribution in [-0.4, -0.2) is 18.1 Å². The fourth-order valence-electron chi connectivity index (χ4n) is 2.36. The molecule has 1 saturated carbocycles. The molecule has 0 saturated heterocycles. The highest BCUT2D eigenvalue weighted by Gasteiger charge is 2.56. The predicted octanol–water partition coefficient (Wildman–Crippen LogP) is 2.05. The Labute approximate surface area is 99.7 Å². The van der Waals surface area contributed by atoms with Crippen molar-refractivity contribution in [3.63, 3.8) is 0 Å². The first-order valence-electron chi connectivity index (χ1n) is 5.47. The molecule has 0 bridgehead atoms. The third kappa shape index (κ3) is 1.76. The fraction of sp³-hybridized carbons (Fsp3) is 0.500. The molecule has 5 nitrogen and oxygen atoms in total. The van der Waals surface area contributed by atoms with Gasteiger partial charge in [0.1, 0.15) is 0 Å². The number of benzene rings is 1. The van der Waals surface area contributed by atoms with Crippen LogP contribution < -0.4 is 10.5 Å². The minimum Gasteiger partial charge on any atom is -0.490 e. The van der Waals surface area contributed by atoms with E-state index >= 15 is 0 Å². The van der Waals surface area contributed by atoms with Gasteiger partial charge in [0.2, 0.25) is 0 Å². The van der Waals surface area contributed by atoms with Gasteiger partial charge < -0.3 is 10.5 Å². The molecular weight excluding hydrogens is 220 g/mol. The molecule has 92 valence electrons. The van der Waals surface area contributed by atoms with Gasteiger partial charge in [-0.1, -0.05) is 19.9 Å². The van der Waals surface area contributed by atoms with Crippen LogP contribution in [0.2, 0.25) is 0 Å². The largest absolute Gasteiger partial charge is 0.490 e. The maximum Gasteiger partial charge on any atom is 0.311 e. The Morgan fingerprint density at radius 1 is 1.47 bits per heavy atom. The highest BCUT2D eigenvalue weighted by molar-refractivity contribution is 5.51. The molecule has 1 fully saturated rings. The van der Waals surface area contributed by atoms with Crippen molar-refractivity contribution in [3.05, 3.63) is 33.9 Å². The normalized spacial score (nSPS) is 25.4. The second-order valence-electron chi connectivity index (χ2n) is 5.01. The Kier molecular flexibility index (Phi) is 2.58. The number of nitro groups is 1. The van der Waals surface area contributed by atoms with Gasteiger partial charge in [0.15, 0.2) is 5.75 Å². The van der Waals surface area contributed by atoms with Gasteiger partial charge in [-0.2, -0.15) is 0 Å². The number of hydrogen-bond acceptors (Lipinski definition) is 4. The molecule has 0 aliphatic heterocycles. The van der Waals surface area contributed by atoms with Crippen LogP contribution in [0.4, 0.5) is 5.69 Å². The van der Waals surface area contributed by atoms with Crippen LogP contribution in [-0.2, 0) is 0 Å². The van der Waals surface area contributed by atoms with Gasteiger partial charge in [0.25, 0.3) is 0 Å². The highest BCUT2D eigenvalue weighted by Crippen LogP contribution is 2.57.